The highest BCUT2D eigenvalue weighted by Gasteiger charge is 2.15. The minimum Gasteiger partial charge on any atom is -0.363 e. The van der Waals surface area contributed by atoms with Crippen LogP contribution < -0.4 is 10.7 Å². The third-order valence-corrected chi connectivity index (χ3v) is 1.73. The molecule has 0 fully saturated rings. The fourth-order valence-corrected chi connectivity index (χ4v) is 0.772. The zero-order chi connectivity index (χ0) is 7.49. The first-order chi connectivity index (χ1) is 3.92. The number of nitrogens with one attached hydrogen (secondary N) is 1. The van der Waals surface area contributed by atoms with Crippen LogP contribution in [0.15, 0.2) is 0 Å². The Morgan fingerprint density at radius 3 is 2.33 bits per heavy atom. The van der Waals surface area contributed by atoms with Crippen LogP contribution in [0.1, 0.15) is 13.8 Å². The van der Waals surface area contributed by atoms with Crippen LogP contribution in [0.4, 0.5) is 4.79 Å². The number of urea groups is 1. The van der Waals surface area contributed by atoms with E-state index in [0.29, 0.717) is 0 Å². The van der Waals surface area contributed by atoms with Crippen LogP contribution in [-0.4, -0.2) is 20.2 Å². The zero-order valence-corrected chi connectivity index (χ0v) is 7.12. The largest absolute Gasteiger partial charge is 0.363 e. The zero-order valence-electron chi connectivity index (χ0n) is 5.36. The highest BCUT2D eigenvalue weighted by molar-refractivity contribution is 6.56. The molecular formula is C4H9ClN2OSi. The van der Waals surface area contributed by atoms with Crippen molar-refractivity contribution in [2.75, 3.05) is 0 Å². The van der Waals surface area contributed by atoms with Crippen molar-refractivity contribution in [1.82, 2.24) is 4.98 Å². The number of rotatable bonds is 2. The molecule has 0 aromatic rings. The molecule has 0 aromatic carbocycles. The summed E-state index contributed by atoms with van der Waals surface area (Å²) in [5, 5.41) is 0. The third-order valence-electron chi connectivity index (χ3n) is 0.483. The lowest BCUT2D eigenvalue weighted by Crippen LogP contribution is -2.41. The third kappa shape index (κ3) is 7.78. The molecule has 0 atom stereocenters. The van der Waals surface area contributed by atoms with Crippen molar-refractivity contribution in [1.29, 1.82) is 0 Å². The summed E-state index contributed by atoms with van der Waals surface area (Å²) in [5.74, 6) is 0. The van der Waals surface area contributed by atoms with E-state index in [1.54, 1.807) is 0 Å². The van der Waals surface area contributed by atoms with Gasteiger partial charge in [0.25, 0.3) is 0 Å². The number of primary amides is 1. The van der Waals surface area contributed by atoms with Crippen LogP contribution in [0.3, 0.4) is 0 Å². The van der Waals surface area contributed by atoms with E-state index in [2.05, 4.69) is 4.98 Å². The summed E-state index contributed by atoms with van der Waals surface area (Å²) in [5.41, 5.74) is 4.80. The minimum absolute atomic E-state index is 0.163. The molecule has 0 unspecified atom stereocenters. The van der Waals surface area contributed by atoms with Crippen molar-refractivity contribution in [2.45, 2.75) is 18.3 Å². The molecule has 0 aliphatic heterocycles. The number of hydrogen-bond acceptors (Lipinski definition) is 1. The lowest BCUT2D eigenvalue weighted by molar-refractivity contribution is 0.253. The summed E-state index contributed by atoms with van der Waals surface area (Å²) in [4.78, 5) is 12.5. The molecule has 52 valence electrons. The van der Waals surface area contributed by atoms with Gasteiger partial charge in [-0.05, 0) is 13.8 Å². The first kappa shape index (κ1) is 8.78. The van der Waals surface area contributed by atoms with Crippen molar-refractivity contribution >= 4 is 27.3 Å². The molecule has 0 aliphatic rings. The molecule has 0 saturated carbocycles. The van der Waals surface area contributed by atoms with Gasteiger partial charge in [0.15, 0.2) is 0 Å². The Morgan fingerprint density at radius 2 is 2.22 bits per heavy atom. The number of carbonyl (C=O) groups excluding carboxylic acids is 1. The van der Waals surface area contributed by atoms with Gasteiger partial charge in [-0.2, -0.15) is 0 Å². The van der Waals surface area contributed by atoms with Crippen LogP contribution in [0.5, 0.6) is 0 Å². The van der Waals surface area contributed by atoms with Gasteiger partial charge in [0.2, 0.25) is 9.68 Å². The van der Waals surface area contributed by atoms with Crippen molar-refractivity contribution < 1.29 is 4.79 Å². The Labute approximate surface area is 61.8 Å². The van der Waals surface area contributed by atoms with Gasteiger partial charge in [-0.1, -0.05) is 0 Å². The summed E-state index contributed by atoms with van der Waals surface area (Å²) in [6.45, 7) is 3.62. The summed E-state index contributed by atoms with van der Waals surface area (Å²) in [6.07, 6.45) is 0. The second kappa shape index (κ2) is 3.08. The number of amides is 2. The van der Waals surface area contributed by atoms with Gasteiger partial charge in [-0.25, -0.2) is 0 Å². The lowest BCUT2D eigenvalue weighted by Gasteiger charge is -2.11. The smallest absolute Gasteiger partial charge is 0.304 e. The highest BCUT2D eigenvalue weighted by Crippen LogP contribution is 2.07. The molecule has 2 radical (unpaired) electrons. The van der Waals surface area contributed by atoms with Crippen molar-refractivity contribution in [3.63, 3.8) is 0 Å². The molecule has 9 heavy (non-hydrogen) atoms. The lowest BCUT2D eigenvalue weighted by atomic mass is 10.5. The van der Waals surface area contributed by atoms with E-state index in [-0.39, 0.29) is 14.2 Å². The molecule has 0 rings (SSSR count). The first-order valence-electron chi connectivity index (χ1n) is 2.43. The minimum atomic E-state index is -0.526. The quantitative estimate of drug-likeness (QED) is 0.446. The van der Waals surface area contributed by atoms with E-state index in [9.17, 15) is 4.79 Å². The average molecular weight is 165 g/mol. The first-order valence-corrected chi connectivity index (χ1v) is 3.81. The molecule has 0 spiro atoms. The molecule has 3 N–H and O–H groups in total. The normalized spacial score (nSPS) is 11.0. The Kier molecular flexibility index (Phi) is 3.00. The van der Waals surface area contributed by atoms with E-state index in [1.807, 2.05) is 13.8 Å². The van der Waals surface area contributed by atoms with Crippen LogP contribution in [0.2, 0.25) is 0 Å². The maximum atomic E-state index is 10.1. The summed E-state index contributed by atoms with van der Waals surface area (Å²) in [7, 11) is 0.163. The van der Waals surface area contributed by atoms with Gasteiger partial charge in [-0.3, -0.25) is 4.79 Å². The second-order valence-electron chi connectivity index (χ2n) is 2.09. The van der Waals surface area contributed by atoms with E-state index in [1.165, 1.54) is 0 Å². The van der Waals surface area contributed by atoms with E-state index >= 15 is 0 Å². The van der Waals surface area contributed by atoms with Gasteiger partial charge < -0.3 is 10.7 Å². The molecule has 2 amide bonds. The highest BCUT2D eigenvalue weighted by atomic mass is 35.5. The maximum absolute atomic E-state index is 10.1. The van der Waals surface area contributed by atoms with Gasteiger partial charge in [0.1, 0.15) is 0 Å². The van der Waals surface area contributed by atoms with Crippen LogP contribution in [0, 0.1) is 0 Å². The van der Waals surface area contributed by atoms with Gasteiger partial charge in [0.05, 0.1) is 4.50 Å². The van der Waals surface area contributed by atoms with Gasteiger partial charge >= 0.3 is 6.03 Å². The molecule has 0 aliphatic carbocycles. The molecule has 0 heterocycles. The van der Waals surface area contributed by atoms with Crippen LogP contribution in [0.25, 0.3) is 0 Å². The topological polar surface area (TPSA) is 55.1 Å². The number of hydrogen-bond donors (Lipinski definition) is 2. The Balaban J connectivity index is 3.39. The fraction of sp³-hybridized carbons (Fsp3) is 0.750. The summed E-state index contributed by atoms with van der Waals surface area (Å²) < 4.78 is -0.380. The number of nitrogens with two attached hydrogens (primary N) is 1. The molecule has 0 saturated heterocycles. The van der Waals surface area contributed by atoms with Crippen molar-refractivity contribution in [3.05, 3.63) is 0 Å². The fourth-order valence-electron chi connectivity index (χ4n) is 0.210. The van der Waals surface area contributed by atoms with Crippen LogP contribution >= 0.6 is 11.6 Å². The number of carbonyl (C=O) groups is 1. The predicted molar refractivity (Wildman–Crippen MR) is 38.4 cm³/mol. The maximum Gasteiger partial charge on any atom is 0.304 e. The number of alkyl halides is 1. The monoisotopic (exact) mass is 164 g/mol. The number of halogens is 1. The molecule has 3 nitrogen and oxygen atoms in total. The standard InChI is InChI=1S/C4H9ClN2OSi/c1-4(2,5)9-7-3(6)8/h1-2H3,(H3,6,7,8). The summed E-state index contributed by atoms with van der Waals surface area (Å²) in [6, 6.07) is -0.526. The second-order valence-corrected chi connectivity index (χ2v) is 5.10. The summed E-state index contributed by atoms with van der Waals surface area (Å²) >= 11 is 5.72. The SMILES string of the molecule is CC(C)(Cl)[Si]NC(N)=O. The molecule has 0 aromatic heterocycles. The van der Waals surface area contributed by atoms with Gasteiger partial charge in [0, 0.05) is 0 Å². The Bertz CT molecular complexity index is 112. The molecule has 5 heteroatoms. The average Bonchev–Trinajstić information content (AvgIpc) is 1.59. The van der Waals surface area contributed by atoms with Crippen molar-refractivity contribution in [3.8, 4) is 0 Å². The Hall–Kier alpha value is -0.223. The van der Waals surface area contributed by atoms with Gasteiger partial charge in [-0.15, -0.1) is 11.6 Å². The van der Waals surface area contributed by atoms with E-state index in [0.717, 1.165) is 0 Å². The van der Waals surface area contributed by atoms with Crippen molar-refractivity contribution in [2.24, 2.45) is 5.73 Å². The molecule has 0 bridgehead atoms. The predicted octanol–water partition coefficient (Wildman–Crippen LogP) is 0.249. The Morgan fingerprint density at radius 1 is 1.78 bits per heavy atom. The van der Waals surface area contributed by atoms with Crippen LogP contribution in [-0.2, 0) is 0 Å². The van der Waals surface area contributed by atoms with E-state index in [4.69, 9.17) is 17.3 Å². The molecular weight excluding hydrogens is 156 g/mol. The van der Waals surface area contributed by atoms with E-state index < -0.39 is 6.03 Å².